The number of nitrogens with one attached hydrogen (secondary N) is 1. The van der Waals surface area contributed by atoms with Crippen molar-refractivity contribution in [3.63, 3.8) is 0 Å². The zero-order valence-electron chi connectivity index (χ0n) is 11.2. The van der Waals surface area contributed by atoms with Crippen molar-refractivity contribution in [1.29, 1.82) is 0 Å². The Bertz CT molecular complexity index is 859. The molecule has 1 aliphatic rings. The minimum Gasteiger partial charge on any atom is -0.382 e. The lowest BCUT2D eigenvalue weighted by atomic mass is 10.0. The van der Waals surface area contributed by atoms with Crippen LogP contribution in [0.1, 0.15) is 0 Å². The molecule has 7 N–H and O–H groups in total. The molecular weight excluding hydrogens is 337 g/mol. The molecule has 14 heteroatoms. The first kappa shape index (κ1) is 16.0. The fourth-order valence-corrected chi connectivity index (χ4v) is 2.52. The van der Waals surface area contributed by atoms with Crippen LogP contribution in [-0.4, -0.2) is 58.3 Å². The lowest BCUT2D eigenvalue weighted by molar-refractivity contribution is -0.432. The van der Waals surface area contributed by atoms with E-state index < -0.39 is 38.1 Å². The van der Waals surface area contributed by atoms with Crippen molar-refractivity contribution in [3.8, 4) is 0 Å². The number of phosphoric acid groups is 1. The summed E-state index contributed by atoms with van der Waals surface area (Å²) in [6.45, 7) is -0.656. The van der Waals surface area contributed by atoms with E-state index >= 15 is 0 Å². The van der Waals surface area contributed by atoms with E-state index in [-0.39, 0.29) is 17.1 Å². The summed E-state index contributed by atoms with van der Waals surface area (Å²) in [5.41, 5.74) is 4.49. The van der Waals surface area contributed by atoms with E-state index in [4.69, 9.17) is 20.3 Å². The number of hydrogen-bond donors (Lipinski definition) is 6. The van der Waals surface area contributed by atoms with Gasteiger partial charge in [-0.05, 0) is 0 Å². The number of fused-ring (bicyclic) bond motifs is 1. The van der Waals surface area contributed by atoms with Crippen molar-refractivity contribution in [3.05, 3.63) is 16.7 Å². The third-order valence-corrected chi connectivity index (χ3v) is 3.73. The maximum Gasteiger partial charge on any atom is 0.469 e. The lowest BCUT2D eigenvalue weighted by Gasteiger charge is -2.47. The van der Waals surface area contributed by atoms with Crippen LogP contribution in [-0.2, 0) is 19.7 Å². The van der Waals surface area contributed by atoms with E-state index in [1.54, 1.807) is 0 Å². The molecular formula is C9H12N5O8P. The van der Waals surface area contributed by atoms with Gasteiger partial charge in [-0.2, -0.15) is 4.98 Å². The van der Waals surface area contributed by atoms with Crippen LogP contribution in [0.3, 0.4) is 0 Å². The van der Waals surface area contributed by atoms with E-state index in [2.05, 4.69) is 19.5 Å². The van der Waals surface area contributed by atoms with Crippen molar-refractivity contribution in [2.45, 2.75) is 18.1 Å². The number of aromatic nitrogens is 4. The number of rotatable bonds is 4. The van der Waals surface area contributed by atoms with Gasteiger partial charge in [0.2, 0.25) is 5.95 Å². The van der Waals surface area contributed by atoms with Crippen molar-refractivity contribution >= 4 is 24.9 Å². The van der Waals surface area contributed by atoms with Gasteiger partial charge < -0.3 is 30.5 Å². The zero-order chi connectivity index (χ0) is 17.0. The molecule has 2 aromatic rings. The molecule has 3 heterocycles. The molecule has 1 saturated heterocycles. The lowest BCUT2D eigenvalue weighted by Crippen LogP contribution is -2.66. The molecule has 126 valence electrons. The maximum atomic E-state index is 11.7. The van der Waals surface area contributed by atoms with Crippen LogP contribution in [0.5, 0.6) is 0 Å². The Morgan fingerprint density at radius 3 is 2.87 bits per heavy atom. The van der Waals surface area contributed by atoms with Crippen LogP contribution in [0.15, 0.2) is 11.1 Å². The number of aliphatic hydroxyl groups excluding tert-OH is 1. The number of ether oxygens (including phenoxy) is 1. The Morgan fingerprint density at radius 1 is 1.57 bits per heavy atom. The van der Waals surface area contributed by atoms with Crippen molar-refractivity contribution < 1.29 is 33.8 Å². The number of phosphoric ester groups is 1. The Kier molecular flexibility index (Phi) is 3.53. The molecule has 1 fully saturated rings. The molecule has 0 aliphatic carbocycles. The van der Waals surface area contributed by atoms with Crippen LogP contribution in [0.4, 0.5) is 5.95 Å². The summed E-state index contributed by atoms with van der Waals surface area (Å²) < 4.78 is 20.7. The Morgan fingerprint density at radius 2 is 2.26 bits per heavy atom. The normalized spacial score (nSPS) is 28.0. The molecule has 1 aliphatic heterocycles. The average molecular weight is 349 g/mol. The Balaban J connectivity index is 1.88. The summed E-state index contributed by atoms with van der Waals surface area (Å²) >= 11 is 0. The number of H-pyrrole nitrogens is 1. The van der Waals surface area contributed by atoms with Gasteiger partial charge in [-0.25, -0.2) is 9.55 Å². The van der Waals surface area contributed by atoms with Crippen LogP contribution in [0.2, 0.25) is 0 Å². The van der Waals surface area contributed by atoms with Crippen molar-refractivity contribution in [2.75, 3.05) is 12.3 Å². The first-order chi connectivity index (χ1) is 10.6. The zero-order valence-corrected chi connectivity index (χ0v) is 12.1. The van der Waals surface area contributed by atoms with Gasteiger partial charge in [0.1, 0.15) is 12.4 Å². The van der Waals surface area contributed by atoms with E-state index in [1.807, 2.05) is 0 Å². The summed E-state index contributed by atoms with van der Waals surface area (Å²) in [6, 6.07) is 0. The summed E-state index contributed by atoms with van der Waals surface area (Å²) in [5.74, 6) is -2.56. The first-order valence-corrected chi connectivity index (χ1v) is 7.66. The van der Waals surface area contributed by atoms with Gasteiger partial charge in [-0.15, -0.1) is 0 Å². The molecule has 0 spiro atoms. The van der Waals surface area contributed by atoms with Crippen LogP contribution in [0.25, 0.3) is 11.2 Å². The second kappa shape index (κ2) is 5.07. The third-order valence-electron chi connectivity index (χ3n) is 3.24. The average Bonchev–Trinajstić information content (AvgIpc) is 2.86. The number of nitrogen functional groups attached to an aromatic ring is 1. The summed E-state index contributed by atoms with van der Waals surface area (Å²) in [6.07, 6.45) is -1.81. The fourth-order valence-electron chi connectivity index (χ4n) is 2.18. The largest absolute Gasteiger partial charge is 0.469 e. The summed E-state index contributed by atoms with van der Waals surface area (Å²) in [5, 5.41) is 20.3. The molecule has 2 unspecified atom stereocenters. The van der Waals surface area contributed by atoms with E-state index in [0.29, 0.717) is 0 Å². The second-order valence-corrected chi connectivity index (χ2v) is 6.02. The number of imidazole rings is 1. The van der Waals surface area contributed by atoms with Gasteiger partial charge >= 0.3 is 7.82 Å². The predicted octanol–water partition coefficient (Wildman–Crippen LogP) is -2.83. The Labute approximate surface area is 126 Å². The smallest absolute Gasteiger partial charge is 0.382 e. The number of anilines is 1. The Hall–Kier alpha value is -1.86. The highest BCUT2D eigenvalue weighted by molar-refractivity contribution is 7.46. The molecule has 0 bridgehead atoms. The number of aliphatic hydroxyl groups is 2. The minimum absolute atomic E-state index is 0.137. The minimum atomic E-state index is -4.75. The highest BCUT2D eigenvalue weighted by atomic mass is 31.2. The summed E-state index contributed by atoms with van der Waals surface area (Å²) in [7, 11) is -4.75. The quantitative estimate of drug-likeness (QED) is 0.310. The van der Waals surface area contributed by atoms with Crippen molar-refractivity contribution in [2.24, 2.45) is 0 Å². The summed E-state index contributed by atoms with van der Waals surface area (Å²) in [4.78, 5) is 38.6. The topological polar surface area (TPSA) is 206 Å². The second-order valence-electron chi connectivity index (χ2n) is 4.78. The van der Waals surface area contributed by atoms with Gasteiger partial charge in [0.15, 0.2) is 17.3 Å². The number of nitrogens with two attached hydrogens (primary N) is 1. The maximum absolute atomic E-state index is 11.7. The van der Waals surface area contributed by atoms with Crippen LogP contribution >= 0.6 is 7.82 Å². The third kappa shape index (κ3) is 2.64. The SMILES string of the molecule is Nc1nc2c(ncn2C2(O)OC(COP(=O)(O)O)[C@@H]2O)c(=O)[nH]1. The predicted molar refractivity (Wildman–Crippen MR) is 71.6 cm³/mol. The molecule has 0 radical (unpaired) electrons. The molecule has 3 atom stereocenters. The van der Waals surface area contributed by atoms with Gasteiger partial charge in [0, 0.05) is 0 Å². The molecule has 2 aromatic heterocycles. The first-order valence-electron chi connectivity index (χ1n) is 6.13. The van der Waals surface area contributed by atoms with E-state index in [9.17, 15) is 19.6 Å². The number of nitrogens with zero attached hydrogens (tertiary/aromatic N) is 3. The molecule has 0 amide bonds. The molecule has 0 aromatic carbocycles. The molecule has 3 rings (SSSR count). The molecule has 13 nitrogen and oxygen atoms in total. The van der Waals surface area contributed by atoms with Gasteiger partial charge in [0.05, 0.1) is 6.61 Å². The van der Waals surface area contributed by atoms with Crippen LogP contribution < -0.4 is 11.3 Å². The highest BCUT2D eigenvalue weighted by Crippen LogP contribution is 2.41. The monoisotopic (exact) mass is 349 g/mol. The number of aromatic amines is 1. The highest BCUT2D eigenvalue weighted by Gasteiger charge is 2.57. The van der Waals surface area contributed by atoms with E-state index in [0.717, 1.165) is 10.9 Å². The van der Waals surface area contributed by atoms with E-state index in [1.165, 1.54) is 0 Å². The van der Waals surface area contributed by atoms with Crippen molar-refractivity contribution in [1.82, 2.24) is 19.5 Å². The standard InChI is InChI=1S/C9H12N5O8P/c10-8-12-6-4(7(16)13-8)11-2-14(6)9(17)5(15)3(22-9)1-21-23(18,19)20/h2-3,5,15,17H,1H2,(H2,18,19,20)(H3,10,12,13,16)/t3?,5-,9?/m0/s1. The molecule has 0 saturated carbocycles. The number of hydrogen-bond acceptors (Lipinski definition) is 9. The van der Waals surface area contributed by atoms with Gasteiger partial charge in [-0.1, -0.05) is 0 Å². The van der Waals surface area contributed by atoms with Gasteiger partial charge in [-0.3, -0.25) is 18.9 Å². The van der Waals surface area contributed by atoms with Crippen LogP contribution in [0, 0.1) is 0 Å². The van der Waals surface area contributed by atoms with Gasteiger partial charge in [0.25, 0.3) is 11.5 Å². The fraction of sp³-hybridized carbons (Fsp3) is 0.444. The molecule has 23 heavy (non-hydrogen) atoms.